The Hall–Kier alpha value is -6.05. The Bertz CT molecular complexity index is 2300. The van der Waals surface area contributed by atoms with Gasteiger partial charge < -0.3 is 34.1 Å². The van der Waals surface area contributed by atoms with Crippen molar-refractivity contribution in [1.29, 1.82) is 0 Å². The third kappa shape index (κ3) is 9.37. The van der Waals surface area contributed by atoms with Crippen LogP contribution < -0.4 is 14.8 Å². The topological polar surface area (TPSA) is 136 Å². The van der Waals surface area contributed by atoms with E-state index in [0.717, 1.165) is 76.5 Å². The van der Waals surface area contributed by atoms with Gasteiger partial charge in [0.15, 0.2) is 17.8 Å². The fourth-order valence-electron chi connectivity index (χ4n) is 8.15. The highest BCUT2D eigenvalue weighted by molar-refractivity contribution is 6.06. The molecule has 0 bridgehead atoms. The van der Waals surface area contributed by atoms with Crippen molar-refractivity contribution in [3.63, 3.8) is 0 Å². The summed E-state index contributed by atoms with van der Waals surface area (Å²) in [5.41, 5.74) is 8.69. The Labute approximate surface area is 349 Å². The van der Waals surface area contributed by atoms with Crippen molar-refractivity contribution in [1.82, 2.24) is 15.1 Å². The molecule has 5 aromatic carbocycles. The first-order valence-electron chi connectivity index (χ1n) is 20.2. The van der Waals surface area contributed by atoms with Crippen LogP contribution in [-0.2, 0) is 56.5 Å². The molecule has 12 heteroatoms. The highest BCUT2D eigenvalue weighted by atomic mass is 16.7. The second kappa shape index (κ2) is 18.5. The van der Waals surface area contributed by atoms with Gasteiger partial charge in [0.05, 0.1) is 46.0 Å². The number of alkyl carbamates (subject to hydrolysis) is 1. The third-order valence-corrected chi connectivity index (χ3v) is 11.4. The lowest BCUT2D eigenvalue weighted by Crippen LogP contribution is -2.41. The van der Waals surface area contributed by atoms with E-state index in [9.17, 15) is 19.5 Å². The van der Waals surface area contributed by atoms with Crippen molar-refractivity contribution in [2.24, 2.45) is 0 Å². The van der Waals surface area contributed by atoms with Gasteiger partial charge in [-0.25, -0.2) is 4.79 Å². The van der Waals surface area contributed by atoms with Crippen LogP contribution in [0.3, 0.4) is 0 Å². The largest absolute Gasteiger partial charge is 0.493 e. The van der Waals surface area contributed by atoms with Crippen LogP contribution in [-0.4, -0.2) is 72.3 Å². The van der Waals surface area contributed by atoms with E-state index in [2.05, 4.69) is 22.3 Å². The maximum atomic E-state index is 13.2. The maximum Gasteiger partial charge on any atom is 0.408 e. The molecule has 4 atom stereocenters. The molecule has 3 amide bonds. The van der Waals surface area contributed by atoms with Gasteiger partial charge in [0.25, 0.3) is 5.91 Å². The number of ether oxygens (including phenoxy) is 5. The molecule has 3 heterocycles. The van der Waals surface area contributed by atoms with Crippen molar-refractivity contribution in [3.05, 3.63) is 154 Å². The Morgan fingerprint density at radius 3 is 2.23 bits per heavy atom. The molecule has 12 nitrogen and oxygen atoms in total. The summed E-state index contributed by atoms with van der Waals surface area (Å²) in [5.74, 6) is 0.640. The highest BCUT2D eigenvalue weighted by Crippen LogP contribution is 2.40. The number of carbonyl (C=O) groups is 3. The second-order valence-corrected chi connectivity index (χ2v) is 15.4. The molecule has 2 saturated heterocycles. The predicted molar refractivity (Wildman–Crippen MR) is 223 cm³/mol. The van der Waals surface area contributed by atoms with Gasteiger partial charge in [-0.15, -0.1) is 0 Å². The van der Waals surface area contributed by atoms with Crippen LogP contribution in [0.1, 0.15) is 64.2 Å². The normalized spacial score (nSPS) is 20.4. The first-order chi connectivity index (χ1) is 29.3. The van der Waals surface area contributed by atoms with Crippen LogP contribution in [0.15, 0.2) is 115 Å². The number of fused-ring (bicyclic) bond motifs is 1. The van der Waals surface area contributed by atoms with Gasteiger partial charge in [-0.05, 0) is 69.1 Å². The molecule has 0 saturated carbocycles. The fraction of sp³-hybridized carbons (Fsp3) is 0.312. The number of aliphatic hydroxyl groups excluding tert-OH is 1. The zero-order valence-corrected chi connectivity index (χ0v) is 33.8. The third-order valence-electron chi connectivity index (χ3n) is 11.4. The molecule has 8 rings (SSSR count). The van der Waals surface area contributed by atoms with Crippen molar-refractivity contribution in [2.45, 2.75) is 70.1 Å². The van der Waals surface area contributed by atoms with E-state index in [4.69, 9.17) is 23.7 Å². The van der Waals surface area contributed by atoms with Gasteiger partial charge >= 0.3 is 6.09 Å². The Kier molecular flexibility index (Phi) is 12.5. The van der Waals surface area contributed by atoms with E-state index >= 15 is 0 Å². The molecule has 0 aliphatic carbocycles. The minimum absolute atomic E-state index is 0.0249. The van der Waals surface area contributed by atoms with Crippen LogP contribution in [0.5, 0.6) is 11.5 Å². The van der Waals surface area contributed by atoms with Crippen LogP contribution in [0.25, 0.3) is 11.1 Å². The quantitative estimate of drug-likeness (QED) is 0.120. The highest BCUT2D eigenvalue weighted by Gasteiger charge is 2.40. The molecule has 0 spiro atoms. The molecule has 0 radical (unpaired) electrons. The monoisotopic (exact) mass is 811 g/mol. The van der Waals surface area contributed by atoms with Crippen LogP contribution in [0.4, 0.5) is 4.79 Å². The van der Waals surface area contributed by atoms with E-state index in [-0.39, 0.29) is 44.3 Å². The minimum atomic E-state index is -0.981. The maximum absolute atomic E-state index is 13.2. The van der Waals surface area contributed by atoms with Crippen LogP contribution >= 0.6 is 0 Å². The Balaban J connectivity index is 0.931. The molecule has 2 N–H and O–H groups in total. The number of rotatable bonds is 13. The predicted octanol–water partition coefficient (Wildman–Crippen LogP) is 7.02. The number of benzene rings is 5. The molecular formula is C48H49N3O9. The summed E-state index contributed by atoms with van der Waals surface area (Å²) >= 11 is 0. The van der Waals surface area contributed by atoms with Crippen molar-refractivity contribution in [2.75, 3.05) is 27.3 Å². The summed E-state index contributed by atoms with van der Waals surface area (Å²) in [6, 6.07) is 36.1. The van der Waals surface area contributed by atoms with E-state index in [1.165, 1.54) is 16.0 Å². The second-order valence-electron chi connectivity index (χ2n) is 15.4. The number of hydrogen-bond acceptors (Lipinski definition) is 10. The SMILES string of the molecule is COc1cc2c(cc1OC)CN(C[C@@H]1C[C@H](c3ccc(CO)cc3)O[C@H](c3ccc(-c4cccc(CN5C(=O)CC(NC(=O)OCc6ccccc6)C5=O)c4)cc3)O1)CC2. The lowest BCUT2D eigenvalue weighted by Gasteiger charge is -2.39. The summed E-state index contributed by atoms with van der Waals surface area (Å²) in [6.45, 7) is 2.50. The Morgan fingerprint density at radius 1 is 0.783 bits per heavy atom. The number of aliphatic hydroxyl groups is 1. The van der Waals surface area contributed by atoms with Gasteiger partial charge in [0, 0.05) is 31.6 Å². The number of likely N-dealkylation sites (tertiary alicyclic amines) is 1. The summed E-state index contributed by atoms with van der Waals surface area (Å²) < 4.78 is 29.8. The first-order valence-corrected chi connectivity index (χ1v) is 20.2. The van der Waals surface area contributed by atoms with Gasteiger partial charge in [0.2, 0.25) is 5.91 Å². The molecule has 310 valence electrons. The number of amides is 3. The fourth-order valence-corrected chi connectivity index (χ4v) is 8.15. The number of imide groups is 1. The summed E-state index contributed by atoms with van der Waals surface area (Å²) in [6.07, 6.45) is -0.256. The van der Waals surface area contributed by atoms with Crippen LogP contribution in [0.2, 0.25) is 0 Å². The number of methoxy groups -OCH3 is 2. The smallest absolute Gasteiger partial charge is 0.408 e. The summed E-state index contributed by atoms with van der Waals surface area (Å²) in [5, 5.41) is 12.2. The van der Waals surface area contributed by atoms with Crippen molar-refractivity contribution >= 4 is 17.9 Å². The molecular weight excluding hydrogens is 763 g/mol. The average molecular weight is 812 g/mol. The summed E-state index contributed by atoms with van der Waals surface area (Å²) in [4.78, 5) is 42.2. The Morgan fingerprint density at radius 2 is 1.50 bits per heavy atom. The van der Waals surface area contributed by atoms with Crippen molar-refractivity contribution < 1.29 is 43.2 Å². The minimum Gasteiger partial charge on any atom is -0.493 e. The van der Waals surface area contributed by atoms with E-state index < -0.39 is 24.3 Å². The lowest BCUT2D eigenvalue weighted by molar-refractivity contribution is -0.253. The van der Waals surface area contributed by atoms with Gasteiger partial charge in [-0.3, -0.25) is 19.4 Å². The summed E-state index contributed by atoms with van der Waals surface area (Å²) in [7, 11) is 3.32. The number of nitrogens with zero attached hydrogens (tertiary/aromatic N) is 2. The first kappa shape index (κ1) is 40.7. The number of nitrogens with one attached hydrogen (secondary N) is 1. The molecule has 1 unspecified atom stereocenters. The molecule has 60 heavy (non-hydrogen) atoms. The van der Waals surface area contributed by atoms with Gasteiger partial charge in [-0.1, -0.05) is 97.1 Å². The van der Waals surface area contributed by atoms with Gasteiger partial charge in [-0.2, -0.15) is 0 Å². The standard InChI is InChI=1S/C48H49N3O9/c1-56-43-22-38-19-20-50(27-39(38)23-44(43)57-2)28-40-24-42(35-13-11-31(29-52)12-14-35)60-47(59-40)36-17-15-34(16-18-36)37-10-6-9-33(21-37)26-51-45(53)25-41(46(51)54)49-48(55)58-30-32-7-4-3-5-8-32/h3-18,21-23,40-42,47,52H,19-20,24-30H2,1-2H3,(H,49,55)/t40-,41?,42+,47+/m0/s1. The number of carbonyl (C=O) groups excluding carboxylic acids is 3. The zero-order chi connectivity index (χ0) is 41.6. The molecule has 3 aliphatic rings. The zero-order valence-electron chi connectivity index (χ0n) is 33.8. The van der Waals surface area contributed by atoms with Crippen molar-refractivity contribution in [3.8, 4) is 22.6 Å². The molecule has 0 aromatic heterocycles. The van der Waals surface area contributed by atoms with E-state index in [1.54, 1.807) is 14.2 Å². The van der Waals surface area contributed by atoms with Crippen LogP contribution in [0, 0.1) is 0 Å². The molecule has 2 fully saturated rings. The average Bonchev–Trinajstić information content (AvgIpc) is 3.55. The van der Waals surface area contributed by atoms with Gasteiger partial charge in [0.1, 0.15) is 12.6 Å². The molecule has 5 aromatic rings. The molecule has 3 aliphatic heterocycles. The van der Waals surface area contributed by atoms with E-state index in [1.807, 2.05) is 103 Å². The number of hydrogen-bond donors (Lipinski definition) is 2. The van der Waals surface area contributed by atoms with E-state index in [0.29, 0.717) is 6.42 Å². The lowest BCUT2D eigenvalue weighted by atomic mass is 9.96.